The molecule has 0 aliphatic carbocycles. The summed E-state index contributed by atoms with van der Waals surface area (Å²) in [6.45, 7) is 0. The van der Waals surface area contributed by atoms with E-state index in [1.54, 1.807) is 32.4 Å². The number of fused-ring (bicyclic) bond motifs is 1. The first-order valence-corrected chi connectivity index (χ1v) is 8.49. The van der Waals surface area contributed by atoms with Gasteiger partial charge in [0, 0.05) is 31.9 Å². The van der Waals surface area contributed by atoms with Crippen molar-refractivity contribution in [2.45, 2.75) is 0 Å². The second kappa shape index (κ2) is 9.70. The monoisotopic (exact) mass is 404 g/mol. The molecule has 156 valence electrons. The summed E-state index contributed by atoms with van der Waals surface area (Å²) in [4.78, 5) is 12.8. The second-order valence-corrected chi connectivity index (χ2v) is 5.79. The Kier molecular flexibility index (Phi) is 7.33. The maximum atomic E-state index is 12.8. The van der Waals surface area contributed by atoms with Crippen LogP contribution in [-0.4, -0.2) is 47.8 Å². The number of phenolic OH excluding ortho intramolecular Hbond substituents is 1. The van der Waals surface area contributed by atoms with E-state index in [0.717, 1.165) is 0 Å². The number of hydrogen-bond acceptors (Lipinski definition) is 8. The molecule has 1 N–H and O–H groups in total. The Morgan fingerprint density at radius 1 is 0.828 bits per heavy atom. The van der Waals surface area contributed by atoms with Gasteiger partial charge < -0.3 is 33.2 Å². The number of methoxy groups -OCH3 is 5. The number of benzene rings is 2. The van der Waals surface area contributed by atoms with Crippen LogP contribution in [0, 0.1) is 0 Å². The van der Waals surface area contributed by atoms with Crippen LogP contribution in [-0.2, 0) is 4.74 Å². The zero-order valence-corrected chi connectivity index (χ0v) is 17.2. The molecule has 0 atom stereocenters. The maximum absolute atomic E-state index is 12.8. The number of ether oxygens (including phenoxy) is 5. The minimum Gasteiger partial charge on any atom is -0.507 e. The van der Waals surface area contributed by atoms with Crippen LogP contribution < -0.4 is 24.4 Å². The van der Waals surface area contributed by atoms with E-state index in [4.69, 9.17) is 23.4 Å². The van der Waals surface area contributed by atoms with Gasteiger partial charge in [0.25, 0.3) is 0 Å². The third kappa shape index (κ3) is 4.38. The fraction of sp³-hybridized carbons (Fsp3) is 0.286. The topological polar surface area (TPSA) is 96.6 Å². The molecule has 3 rings (SSSR count). The molecule has 0 fully saturated rings. The maximum Gasteiger partial charge on any atom is 0.239 e. The number of rotatable bonds is 5. The van der Waals surface area contributed by atoms with Gasteiger partial charge in [0.15, 0.2) is 17.3 Å². The quantitative estimate of drug-likeness (QED) is 0.691. The molecule has 2 aromatic carbocycles. The third-order valence-electron chi connectivity index (χ3n) is 3.99. The number of phenols is 1. The number of aromatic hydroxyl groups is 1. The lowest BCUT2D eigenvalue weighted by molar-refractivity contribution is 0.277. The van der Waals surface area contributed by atoms with E-state index in [2.05, 4.69) is 4.74 Å². The average molecular weight is 404 g/mol. The minimum atomic E-state index is -0.487. The molecule has 1 heterocycles. The number of hydrogen-bond donors (Lipinski definition) is 1. The highest BCUT2D eigenvalue weighted by molar-refractivity contribution is 5.88. The van der Waals surface area contributed by atoms with Crippen LogP contribution in [0.2, 0.25) is 0 Å². The van der Waals surface area contributed by atoms with E-state index < -0.39 is 5.43 Å². The summed E-state index contributed by atoms with van der Waals surface area (Å²) in [6.07, 6.45) is 0. The Hall–Kier alpha value is -3.39. The van der Waals surface area contributed by atoms with Crippen molar-refractivity contribution in [3.8, 4) is 40.1 Å². The van der Waals surface area contributed by atoms with Crippen LogP contribution >= 0.6 is 0 Å². The second-order valence-electron chi connectivity index (χ2n) is 5.79. The van der Waals surface area contributed by atoms with Crippen LogP contribution in [0.1, 0.15) is 0 Å². The first-order chi connectivity index (χ1) is 13.9. The van der Waals surface area contributed by atoms with E-state index in [1.165, 1.54) is 40.6 Å². The van der Waals surface area contributed by atoms with Gasteiger partial charge in [0.1, 0.15) is 22.5 Å². The van der Waals surface area contributed by atoms with E-state index in [-0.39, 0.29) is 28.2 Å². The fourth-order valence-corrected chi connectivity index (χ4v) is 2.73. The molecule has 0 spiro atoms. The Morgan fingerprint density at radius 3 is 2.03 bits per heavy atom. The van der Waals surface area contributed by atoms with Crippen molar-refractivity contribution in [1.29, 1.82) is 0 Å². The smallest absolute Gasteiger partial charge is 0.239 e. The zero-order valence-electron chi connectivity index (χ0n) is 17.2. The molecule has 0 aliphatic heterocycles. The molecule has 0 radical (unpaired) electrons. The van der Waals surface area contributed by atoms with Gasteiger partial charge in [-0.25, -0.2) is 0 Å². The van der Waals surface area contributed by atoms with Crippen molar-refractivity contribution in [3.63, 3.8) is 0 Å². The first-order valence-electron chi connectivity index (χ1n) is 8.49. The molecule has 0 aliphatic rings. The molecule has 0 saturated heterocycles. The Morgan fingerprint density at radius 2 is 1.48 bits per heavy atom. The van der Waals surface area contributed by atoms with Gasteiger partial charge >= 0.3 is 0 Å². The molecule has 0 saturated carbocycles. The standard InChI is InChI=1S/C19H18O7.C2H6O/c1-22-11-8-12(20)16-15(9-11)26-18(19(25-4)17(16)21)10-5-6-13(23-2)14(7-10)24-3;1-3-2/h5-9,20H,1-4H3;1-2H3. The van der Waals surface area contributed by atoms with Gasteiger partial charge in [-0.1, -0.05) is 0 Å². The van der Waals surface area contributed by atoms with Crippen LogP contribution in [0.4, 0.5) is 0 Å². The predicted molar refractivity (Wildman–Crippen MR) is 109 cm³/mol. The van der Waals surface area contributed by atoms with Gasteiger partial charge in [-0.3, -0.25) is 4.79 Å². The Balaban J connectivity index is 0.000000941. The van der Waals surface area contributed by atoms with Crippen molar-refractivity contribution in [2.75, 3.05) is 42.7 Å². The molecule has 0 amide bonds. The SMILES string of the molecule is COC.COc1cc(O)c2c(=O)c(OC)c(-c3ccc(OC)c(OC)c3)oc2c1. The summed E-state index contributed by atoms with van der Waals surface area (Å²) in [5, 5.41) is 10.2. The molecule has 0 bridgehead atoms. The van der Waals surface area contributed by atoms with Gasteiger partial charge in [0.05, 0.1) is 28.4 Å². The highest BCUT2D eigenvalue weighted by atomic mass is 16.5. The summed E-state index contributed by atoms with van der Waals surface area (Å²) in [7, 11) is 9.11. The molecule has 0 unspecified atom stereocenters. The molecule has 1 aromatic heterocycles. The lowest BCUT2D eigenvalue weighted by Gasteiger charge is -2.13. The highest BCUT2D eigenvalue weighted by Crippen LogP contribution is 2.38. The van der Waals surface area contributed by atoms with Gasteiger partial charge in [-0.05, 0) is 18.2 Å². The largest absolute Gasteiger partial charge is 0.507 e. The highest BCUT2D eigenvalue weighted by Gasteiger charge is 2.21. The fourth-order valence-electron chi connectivity index (χ4n) is 2.73. The summed E-state index contributed by atoms with van der Waals surface area (Å²) >= 11 is 0. The van der Waals surface area contributed by atoms with Gasteiger partial charge in [-0.15, -0.1) is 0 Å². The van der Waals surface area contributed by atoms with Gasteiger partial charge in [-0.2, -0.15) is 0 Å². The summed E-state index contributed by atoms with van der Waals surface area (Å²) < 4.78 is 31.0. The van der Waals surface area contributed by atoms with Crippen molar-refractivity contribution in [1.82, 2.24) is 0 Å². The molecule has 29 heavy (non-hydrogen) atoms. The molecule has 3 aromatic rings. The normalized spacial score (nSPS) is 10.1. The van der Waals surface area contributed by atoms with Crippen LogP contribution in [0.25, 0.3) is 22.3 Å². The van der Waals surface area contributed by atoms with Crippen molar-refractivity contribution in [3.05, 3.63) is 40.6 Å². The lowest BCUT2D eigenvalue weighted by Crippen LogP contribution is -2.08. The van der Waals surface area contributed by atoms with Crippen molar-refractivity contribution < 1.29 is 33.2 Å². The molecular formula is C21H24O8. The minimum absolute atomic E-state index is 0.0203. The summed E-state index contributed by atoms with van der Waals surface area (Å²) in [5.41, 5.74) is 0.247. The van der Waals surface area contributed by atoms with Crippen molar-refractivity contribution >= 4 is 11.0 Å². The Labute approximate surface area is 168 Å². The first kappa shape index (κ1) is 21.9. The van der Waals surface area contributed by atoms with E-state index in [1.807, 2.05) is 0 Å². The molecule has 8 nitrogen and oxygen atoms in total. The van der Waals surface area contributed by atoms with E-state index in [0.29, 0.717) is 22.8 Å². The van der Waals surface area contributed by atoms with Crippen LogP contribution in [0.3, 0.4) is 0 Å². The molecule has 8 heteroatoms. The lowest BCUT2D eigenvalue weighted by atomic mass is 10.1. The van der Waals surface area contributed by atoms with E-state index >= 15 is 0 Å². The summed E-state index contributed by atoms with van der Waals surface area (Å²) in [6, 6.07) is 7.95. The molecular weight excluding hydrogens is 380 g/mol. The van der Waals surface area contributed by atoms with Crippen molar-refractivity contribution in [2.24, 2.45) is 0 Å². The van der Waals surface area contributed by atoms with Gasteiger partial charge in [0.2, 0.25) is 11.2 Å². The van der Waals surface area contributed by atoms with E-state index in [9.17, 15) is 9.90 Å². The average Bonchev–Trinajstić information content (AvgIpc) is 2.73. The van der Waals surface area contributed by atoms with Crippen LogP contribution in [0.15, 0.2) is 39.5 Å². The van der Waals surface area contributed by atoms with Crippen LogP contribution in [0.5, 0.6) is 28.7 Å². The predicted octanol–water partition coefficient (Wildman–Crippen LogP) is 3.46. The third-order valence-corrected chi connectivity index (χ3v) is 3.99. The zero-order chi connectivity index (χ0) is 21.6. The Bertz CT molecular complexity index is 1040. The summed E-state index contributed by atoms with van der Waals surface area (Å²) in [5.74, 6) is 1.32.